The van der Waals surface area contributed by atoms with Gasteiger partial charge in [0.25, 0.3) is 0 Å². The van der Waals surface area contributed by atoms with Crippen LogP contribution >= 0.6 is 15.9 Å². The number of pyridine rings is 1. The molecule has 0 aliphatic carbocycles. The predicted octanol–water partition coefficient (Wildman–Crippen LogP) is 3.33. The highest BCUT2D eigenvalue weighted by Crippen LogP contribution is 2.19. The first-order valence-corrected chi connectivity index (χ1v) is 7.11. The van der Waals surface area contributed by atoms with Gasteiger partial charge in [0.15, 0.2) is 0 Å². The molecule has 0 aliphatic heterocycles. The first-order valence-electron chi connectivity index (χ1n) is 5.98. The first-order chi connectivity index (χ1) is 8.24. The Balaban J connectivity index is 2.37. The molecule has 0 spiro atoms. The number of alkyl halides is 1. The fourth-order valence-corrected chi connectivity index (χ4v) is 2.28. The molecule has 0 amide bonds. The number of rotatable bonds is 5. The Hall–Kier alpha value is -1.03. The Bertz CT molecular complexity index is 478. The SMILES string of the molecule is CC(C)N(CCCBr)c1cccc2nccn12. The molecule has 2 heterocycles. The van der Waals surface area contributed by atoms with Gasteiger partial charge in [0, 0.05) is 30.3 Å². The van der Waals surface area contributed by atoms with Crippen LogP contribution in [0.4, 0.5) is 5.82 Å². The largest absolute Gasteiger partial charge is 0.355 e. The molecule has 2 rings (SSSR count). The van der Waals surface area contributed by atoms with Gasteiger partial charge in [0.2, 0.25) is 0 Å². The van der Waals surface area contributed by atoms with Crippen LogP contribution in [0.5, 0.6) is 0 Å². The predicted molar refractivity (Wildman–Crippen MR) is 76.1 cm³/mol. The van der Waals surface area contributed by atoms with Gasteiger partial charge < -0.3 is 4.90 Å². The van der Waals surface area contributed by atoms with E-state index >= 15 is 0 Å². The van der Waals surface area contributed by atoms with E-state index in [4.69, 9.17) is 0 Å². The molecule has 3 nitrogen and oxygen atoms in total. The molecule has 2 aromatic rings. The third kappa shape index (κ3) is 2.63. The van der Waals surface area contributed by atoms with Crippen molar-refractivity contribution in [1.82, 2.24) is 9.38 Å². The average Bonchev–Trinajstić information content (AvgIpc) is 2.77. The van der Waals surface area contributed by atoms with Gasteiger partial charge in [0.1, 0.15) is 11.5 Å². The summed E-state index contributed by atoms with van der Waals surface area (Å²) in [4.78, 5) is 6.74. The quantitative estimate of drug-likeness (QED) is 0.789. The molecule has 0 radical (unpaired) electrons. The Kier molecular flexibility index (Phi) is 4.05. The Morgan fingerprint density at radius 3 is 2.94 bits per heavy atom. The van der Waals surface area contributed by atoms with Crippen LogP contribution < -0.4 is 4.90 Å². The molecule has 0 unspecified atom stereocenters. The van der Waals surface area contributed by atoms with Crippen LogP contribution in [0.15, 0.2) is 30.6 Å². The van der Waals surface area contributed by atoms with Crippen LogP contribution in [-0.2, 0) is 0 Å². The lowest BCUT2D eigenvalue weighted by Crippen LogP contribution is -2.33. The summed E-state index contributed by atoms with van der Waals surface area (Å²) in [5.74, 6) is 1.22. The van der Waals surface area contributed by atoms with Crippen molar-refractivity contribution in [2.24, 2.45) is 0 Å². The summed E-state index contributed by atoms with van der Waals surface area (Å²) < 4.78 is 2.15. The van der Waals surface area contributed by atoms with Gasteiger partial charge in [-0.1, -0.05) is 22.0 Å². The molecule has 0 N–H and O–H groups in total. The lowest BCUT2D eigenvalue weighted by atomic mass is 10.2. The van der Waals surface area contributed by atoms with Gasteiger partial charge >= 0.3 is 0 Å². The zero-order valence-electron chi connectivity index (χ0n) is 10.3. The molecule has 2 aromatic heterocycles. The van der Waals surface area contributed by atoms with Gasteiger partial charge in [-0.3, -0.25) is 4.40 Å². The number of fused-ring (bicyclic) bond motifs is 1. The minimum absolute atomic E-state index is 0.488. The maximum Gasteiger partial charge on any atom is 0.138 e. The summed E-state index contributed by atoms with van der Waals surface area (Å²) >= 11 is 3.50. The Morgan fingerprint density at radius 1 is 1.41 bits per heavy atom. The monoisotopic (exact) mass is 295 g/mol. The fraction of sp³-hybridized carbons (Fsp3) is 0.462. The average molecular weight is 296 g/mol. The topological polar surface area (TPSA) is 20.5 Å². The van der Waals surface area contributed by atoms with E-state index in [0.717, 1.165) is 23.9 Å². The highest BCUT2D eigenvalue weighted by molar-refractivity contribution is 9.09. The summed E-state index contributed by atoms with van der Waals surface area (Å²) in [6.07, 6.45) is 5.01. The summed E-state index contributed by atoms with van der Waals surface area (Å²) in [6, 6.07) is 6.75. The second-order valence-electron chi connectivity index (χ2n) is 4.37. The molecule has 17 heavy (non-hydrogen) atoms. The second kappa shape index (κ2) is 5.54. The molecule has 0 bridgehead atoms. The van der Waals surface area contributed by atoms with Gasteiger partial charge in [-0.2, -0.15) is 0 Å². The first kappa shape index (κ1) is 12.4. The molecule has 92 valence electrons. The van der Waals surface area contributed by atoms with Crippen molar-refractivity contribution in [3.8, 4) is 0 Å². The minimum Gasteiger partial charge on any atom is -0.355 e. The molecular formula is C13H18BrN3. The second-order valence-corrected chi connectivity index (χ2v) is 5.16. The molecule has 0 fully saturated rings. The molecular weight excluding hydrogens is 278 g/mol. The van der Waals surface area contributed by atoms with Crippen molar-refractivity contribution >= 4 is 27.4 Å². The number of halogens is 1. The van der Waals surface area contributed by atoms with E-state index in [0.29, 0.717) is 6.04 Å². The minimum atomic E-state index is 0.488. The highest BCUT2D eigenvalue weighted by Gasteiger charge is 2.12. The number of nitrogens with zero attached hydrogens (tertiary/aromatic N) is 3. The molecule has 0 saturated heterocycles. The molecule has 0 atom stereocenters. The molecule has 4 heteroatoms. The van der Waals surface area contributed by atoms with Crippen LogP contribution in [0.3, 0.4) is 0 Å². The van der Waals surface area contributed by atoms with Crippen LogP contribution in [0.2, 0.25) is 0 Å². The van der Waals surface area contributed by atoms with Gasteiger partial charge in [-0.05, 0) is 32.4 Å². The summed E-state index contributed by atoms with van der Waals surface area (Å²) in [7, 11) is 0. The molecule has 0 aliphatic rings. The van der Waals surface area contributed by atoms with Crippen molar-refractivity contribution in [2.75, 3.05) is 16.8 Å². The highest BCUT2D eigenvalue weighted by atomic mass is 79.9. The van der Waals surface area contributed by atoms with Crippen molar-refractivity contribution in [1.29, 1.82) is 0 Å². The third-order valence-electron chi connectivity index (χ3n) is 2.86. The van der Waals surface area contributed by atoms with E-state index in [9.17, 15) is 0 Å². The summed E-state index contributed by atoms with van der Waals surface area (Å²) in [5, 5.41) is 1.04. The van der Waals surface area contributed by atoms with E-state index in [1.54, 1.807) is 0 Å². The lowest BCUT2D eigenvalue weighted by molar-refractivity contribution is 0.661. The van der Waals surface area contributed by atoms with E-state index in [2.05, 4.69) is 56.2 Å². The van der Waals surface area contributed by atoms with Gasteiger partial charge in [0.05, 0.1) is 0 Å². The van der Waals surface area contributed by atoms with Gasteiger partial charge in [-0.25, -0.2) is 4.98 Å². The Morgan fingerprint density at radius 2 is 2.24 bits per heavy atom. The van der Waals surface area contributed by atoms with Gasteiger partial charge in [-0.15, -0.1) is 0 Å². The maximum atomic E-state index is 4.33. The lowest BCUT2D eigenvalue weighted by Gasteiger charge is -2.29. The number of hydrogen-bond donors (Lipinski definition) is 0. The summed E-state index contributed by atoms with van der Waals surface area (Å²) in [5.41, 5.74) is 1.01. The smallest absolute Gasteiger partial charge is 0.138 e. The fourth-order valence-electron chi connectivity index (χ4n) is 2.03. The zero-order chi connectivity index (χ0) is 12.3. The zero-order valence-corrected chi connectivity index (χ0v) is 11.9. The van der Waals surface area contributed by atoms with Crippen molar-refractivity contribution in [3.05, 3.63) is 30.6 Å². The van der Waals surface area contributed by atoms with Crippen LogP contribution in [0, 0.1) is 0 Å². The van der Waals surface area contributed by atoms with E-state index in [1.807, 2.05) is 18.5 Å². The Labute approximate surface area is 111 Å². The third-order valence-corrected chi connectivity index (χ3v) is 3.42. The van der Waals surface area contributed by atoms with Crippen molar-refractivity contribution < 1.29 is 0 Å². The van der Waals surface area contributed by atoms with E-state index in [-0.39, 0.29) is 0 Å². The number of anilines is 1. The number of imidazole rings is 1. The summed E-state index contributed by atoms with van der Waals surface area (Å²) in [6.45, 7) is 5.51. The standard InChI is InChI=1S/C13H18BrN3/c1-11(2)16(9-4-7-14)13-6-3-5-12-15-8-10-17(12)13/h3,5-6,8,10-11H,4,7,9H2,1-2H3. The van der Waals surface area contributed by atoms with E-state index in [1.165, 1.54) is 5.82 Å². The maximum absolute atomic E-state index is 4.33. The normalized spacial score (nSPS) is 11.3. The number of aromatic nitrogens is 2. The van der Waals surface area contributed by atoms with E-state index < -0.39 is 0 Å². The van der Waals surface area contributed by atoms with Crippen molar-refractivity contribution in [3.63, 3.8) is 0 Å². The van der Waals surface area contributed by atoms with Crippen LogP contribution in [0.1, 0.15) is 20.3 Å². The van der Waals surface area contributed by atoms with Crippen LogP contribution in [0.25, 0.3) is 5.65 Å². The van der Waals surface area contributed by atoms with Crippen LogP contribution in [-0.4, -0.2) is 27.3 Å². The van der Waals surface area contributed by atoms with Crippen molar-refractivity contribution in [2.45, 2.75) is 26.3 Å². The molecule has 0 aromatic carbocycles. The molecule has 0 saturated carbocycles. The number of hydrogen-bond acceptors (Lipinski definition) is 2.